The van der Waals surface area contributed by atoms with Gasteiger partial charge >= 0.3 is 0 Å². The summed E-state index contributed by atoms with van der Waals surface area (Å²) < 4.78 is 17.4. The standard InChI is InChI=1S/C30H35NO11/c1-12(2)31-16-8-20(41-13(3)25(16)34)42-18-10-30(39,19(33)11-32)9-15-22(18)29(38)24-23(27(15)36)26(35)14-6-5-7-17(40-4)21(14)28(24)37/h5-7,12-13,16,18,20,25,31-32,34,36,38-39H,8-11H2,1-4H3/t13-,16-,18-,20-,25-,30-/m0/s1. The second-order valence-corrected chi connectivity index (χ2v) is 11.4. The molecule has 0 radical (unpaired) electrons. The molecule has 2 aromatic rings. The van der Waals surface area contributed by atoms with Crippen LogP contribution in [0.15, 0.2) is 18.2 Å². The summed E-state index contributed by atoms with van der Waals surface area (Å²) >= 11 is 0. The van der Waals surface area contributed by atoms with Gasteiger partial charge in [0.15, 0.2) is 17.9 Å². The Bertz CT molecular complexity index is 1450. The molecule has 1 heterocycles. The predicted molar refractivity (Wildman–Crippen MR) is 146 cm³/mol. The molecule has 0 bridgehead atoms. The van der Waals surface area contributed by atoms with E-state index in [-0.39, 0.29) is 40.5 Å². The van der Waals surface area contributed by atoms with Crippen LogP contribution in [0.3, 0.4) is 0 Å². The third kappa shape index (κ3) is 4.77. The minimum absolute atomic E-state index is 0.0224. The van der Waals surface area contributed by atoms with Gasteiger partial charge in [0.1, 0.15) is 29.5 Å². The molecule has 3 aliphatic rings. The summed E-state index contributed by atoms with van der Waals surface area (Å²) in [6, 6.07) is 3.98. The van der Waals surface area contributed by atoms with Crippen LogP contribution < -0.4 is 10.1 Å². The van der Waals surface area contributed by atoms with Gasteiger partial charge in [0.2, 0.25) is 5.78 Å². The van der Waals surface area contributed by atoms with E-state index in [9.17, 15) is 39.9 Å². The molecule has 6 N–H and O–H groups in total. The third-order valence-electron chi connectivity index (χ3n) is 8.31. The molecule has 0 saturated carbocycles. The second-order valence-electron chi connectivity index (χ2n) is 11.4. The summed E-state index contributed by atoms with van der Waals surface area (Å²) in [5.41, 5.74) is -3.52. The van der Waals surface area contributed by atoms with Gasteiger partial charge in [0.25, 0.3) is 0 Å². The molecule has 1 saturated heterocycles. The molecular formula is C30H35NO11. The lowest BCUT2D eigenvalue weighted by atomic mass is 9.72. The molecule has 2 aliphatic carbocycles. The number of aliphatic hydroxyl groups excluding tert-OH is 2. The van der Waals surface area contributed by atoms with Crippen LogP contribution in [0.2, 0.25) is 0 Å². The minimum atomic E-state index is -2.23. The topological polar surface area (TPSA) is 192 Å². The average Bonchev–Trinajstić information content (AvgIpc) is 2.94. The van der Waals surface area contributed by atoms with Crippen molar-refractivity contribution in [1.29, 1.82) is 0 Å². The number of carbonyl (C=O) groups excluding carboxylic acids is 3. The minimum Gasteiger partial charge on any atom is -0.507 e. The molecule has 12 heteroatoms. The van der Waals surface area contributed by atoms with Gasteiger partial charge in [-0.3, -0.25) is 14.4 Å². The Morgan fingerprint density at radius 3 is 2.48 bits per heavy atom. The molecule has 1 aliphatic heterocycles. The van der Waals surface area contributed by atoms with E-state index < -0.39 is 95.7 Å². The first-order valence-corrected chi connectivity index (χ1v) is 13.8. The quantitative estimate of drug-likeness (QED) is 0.216. The number of methoxy groups -OCH3 is 1. The molecule has 2 aromatic carbocycles. The van der Waals surface area contributed by atoms with Gasteiger partial charge in [-0.2, -0.15) is 0 Å². The highest BCUT2D eigenvalue weighted by atomic mass is 16.7. The van der Waals surface area contributed by atoms with Crippen LogP contribution in [-0.2, 0) is 20.7 Å². The van der Waals surface area contributed by atoms with Crippen molar-refractivity contribution in [3.8, 4) is 17.2 Å². The number of Topliss-reactive ketones (excluding diaryl/α,β-unsaturated/α-hetero) is 1. The van der Waals surface area contributed by atoms with Crippen molar-refractivity contribution in [1.82, 2.24) is 5.32 Å². The van der Waals surface area contributed by atoms with Gasteiger partial charge in [0.05, 0.1) is 42.1 Å². The average molecular weight is 586 g/mol. The molecule has 0 spiro atoms. The smallest absolute Gasteiger partial charge is 0.202 e. The Morgan fingerprint density at radius 1 is 1.14 bits per heavy atom. The van der Waals surface area contributed by atoms with Crippen molar-refractivity contribution in [3.05, 3.63) is 51.6 Å². The monoisotopic (exact) mass is 585 g/mol. The van der Waals surface area contributed by atoms with Gasteiger partial charge < -0.3 is 45.1 Å². The molecule has 42 heavy (non-hydrogen) atoms. The Labute approximate surface area is 241 Å². The number of ether oxygens (including phenoxy) is 3. The van der Waals surface area contributed by atoms with Gasteiger partial charge in [-0.15, -0.1) is 0 Å². The summed E-state index contributed by atoms with van der Waals surface area (Å²) in [6.45, 7) is 4.47. The van der Waals surface area contributed by atoms with Gasteiger partial charge in [0, 0.05) is 48.0 Å². The van der Waals surface area contributed by atoms with E-state index in [1.807, 2.05) is 13.8 Å². The molecule has 0 aromatic heterocycles. The number of aliphatic hydroxyl groups is 3. The summed E-state index contributed by atoms with van der Waals surface area (Å²) in [5.74, 6) is -3.69. The number of hydrogen-bond donors (Lipinski definition) is 6. The number of aromatic hydroxyl groups is 2. The molecule has 12 nitrogen and oxygen atoms in total. The summed E-state index contributed by atoms with van der Waals surface area (Å²) in [5, 5.41) is 57.9. The van der Waals surface area contributed by atoms with Crippen molar-refractivity contribution in [2.24, 2.45) is 0 Å². The molecule has 6 atom stereocenters. The maximum absolute atomic E-state index is 13.8. The van der Waals surface area contributed by atoms with E-state index in [1.54, 1.807) is 6.92 Å². The fourth-order valence-corrected chi connectivity index (χ4v) is 6.31. The van der Waals surface area contributed by atoms with Crippen LogP contribution in [0.25, 0.3) is 0 Å². The zero-order chi connectivity index (χ0) is 30.7. The zero-order valence-electron chi connectivity index (χ0n) is 23.7. The first-order valence-electron chi connectivity index (χ1n) is 13.8. The van der Waals surface area contributed by atoms with Crippen molar-refractivity contribution < 1.29 is 54.1 Å². The van der Waals surface area contributed by atoms with Crippen LogP contribution >= 0.6 is 0 Å². The number of rotatable bonds is 7. The number of carbonyl (C=O) groups is 3. The van der Waals surface area contributed by atoms with Gasteiger partial charge in [-0.1, -0.05) is 26.0 Å². The maximum Gasteiger partial charge on any atom is 0.202 e. The number of ketones is 3. The molecule has 0 unspecified atom stereocenters. The van der Waals surface area contributed by atoms with E-state index in [2.05, 4.69) is 5.32 Å². The number of phenolic OH excluding ortho intramolecular Hbond substituents is 2. The van der Waals surface area contributed by atoms with Gasteiger partial charge in [-0.05, 0) is 13.0 Å². The lowest BCUT2D eigenvalue weighted by Crippen LogP contribution is -2.56. The van der Waals surface area contributed by atoms with Crippen molar-refractivity contribution in [2.45, 2.75) is 82.3 Å². The number of hydrogen-bond acceptors (Lipinski definition) is 12. The van der Waals surface area contributed by atoms with E-state index >= 15 is 0 Å². The largest absolute Gasteiger partial charge is 0.507 e. The SMILES string of the molecule is COc1cccc2c1C(=O)c1c(O)c3c(c(O)c1C2=O)C[C@@](O)(C(=O)CO)C[C@@H]3O[C@H]1C[C@H](NC(C)C)[C@@H](O)[C@H](C)O1. The van der Waals surface area contributed by atoms with Gasteiger partial charge in [-0.25, -0.2) is 0 Å². The molecular weight excluding hydrogens is 550 g/mol. The zero-order valence-corrected chi connectivity index (χ0v) is 23.7. The van der Waals surface area contributed by atoms with E-state index in [0.717, 1.165) is 0 Å². The highest BCUT2D eigenvalue weighted by Gasteiger charge is 2.50. The first kappa shape index (κ1) is 30.1. The first-order chi connectivity index (χ1) is 19.8. The van der Waals surface area contributed by atoms with Crippen LogP contribution in [0, 0.1) is 0 Å². The summed E-state index contributed by atoms with van der Waals surface area (Å²) in [4.78, 5) is 40.1. The Hall–Kier alpha value is -3.39. The van der Waals surface area contributed by atoms with E-state index in [4.69, 9.17) is 14.2 Å². The number of benzene rings is 2. The van der Waals surface area contributed by atoms with E-state index in [1.165, 1.54) is 25.3 Å². The highest BCUT2D eigenvalue weighted by molar-refractivity contribution is 6.31. The lowest BCUT2D eigenvalue weighted by molar-refractivity contribution is -0.250. The van der Waals surface area contributed by atoms with Crippen LogP contribution in [0.5, 0.6) is 17.2 Å². The van der Waals surface area contributed by atoms with Crippen molar-refractivity contribution >= 4 is 17.3 Å². The summed E-state index contributed by atoms with van der Waals surface area (Å²) in [6.07, 6.45) is -4.71. The van der Waals surface area contributed by atoms with Crippen LogP contribution in [-0.4, -0.2) is 92.8 Å². The number of phenols is 2. The highest BCUT2D eigenvalue weighted by Crippen LogP contribution is 2.52. The summed E-state index contributed by atoms with van der Waals surface area (Å²) in [7, 11) is 1.33. The molecule has 1 fully saturated rings. The molecule has 5 rings (SSSR count). The molecule has 226 valence electrons. The third-order valence-corrected chi connectivity index (χ3v) is 8.31. The fraction of sp³-hybridized carbons (Fsp3) is 0.500. The van der Waals surface area contributed by atoms with Crippen molar-refractivity contribution in [3.63, 3.8) is 0 Å². The number of nitrogens with one attached hydrogen (secondary N) is 1. The normalized spacial score (nSPS) is 28.7. The number of fused-ring (bicyclic) bond motifs is 3. The van der Waals surface area contributed by atoms with Crippen LogP contribution in [0.1, 0.15) is 82.7 Å². The Balaban J connectivity index is 1.65. The Kier molecular flexibility index (Phi) is 7.90. The predicted octanol–water partition coefficient (Wildman–Crippen LogP) is 1.04. The maximum atomic E-state index is 13.8. The van der Waals surface area contributed by atoms with Crippen molar-refractivity contribution in [2.75, 3.05) is 13.7 Å². The second kappa shape index (κ2) is 11.0. The fourth-order valence-electron chi connectivity index (χ4n) is 6.31. The Morgan fingerprint density at radius 2 is 1.83 bits per heavy atom. The molecule has 0 amide bonds. The lowest BCUT2D eigenvalue weighted by Gasteiger charge is -2.43. The van der Waals surface area contributed by atoms with E-state index in [0.29, 0.717) is 0 Å². The van der Waals surface area contributed by atoms with Crippen LogP contribution in [0.4, 0.5) is 0 Å².